The highest BCUT2D eigenvalue weighted by molar-refractivity contribution is 7.92. The van der Waals surface area contributed by atoms with E-state index in [2.05, 4.69) is 30.0 Å². The molecule has 3 N–H and O–H groups in total. The molecule has 2 aromatic carbocycles. The summed E-state index contributed by atoms with van der Waals surface area (Å²) in [6.07, 6.45) is 2.61. The zero-order valence-electron chi connectivity index (χ0n) is 17.6. The third-order valence-corrected chi connectivity index (χ3v) is 6.20. The molecular weight excluding hydrogens is 480 g/mol. The molecule has 0 radical (unpaired) electrons. The molecule has 2 aromatic heterocycles. The molecule has 0 fully saturated rings. The second-order valence-electron chi connectivity index (χ2n) is 7.09. The Labute approximate surface area is 199 Å². The number of halogens is 1. The molecule has 0 bridgehead atoms. The van der Waals surface area contributed by atoms with E-state index in [1.54, 1.807) is 37.3 Å². The van der Waals surface area contributed by atoms with Crippen molar-refractivity contribution in [3.05, 3.63) is 93.6 Å². The highest BCUT2D eigenvalue weighted by Crippen LogP contribution is 2.18. The van der Waals surface area contributed by atoms with Crippen LogP contribution in [0.15, 0.2) is 76.7 Å². The number of aryl methyl sites for hydroxylation is 1. The molecule has 0 aliphatic rings. The Balaban J connectivity index is 1.47. The van der Waals surface area contributed by atoms with Gasteiger partial charge in [-0.3, -0.25) is 9.59 Å². The summed E-state index contributed by atoms with van der Waals surface area (Å²) in [5, 5.41) is 3.09. The van der Waals surface area contributed by atoms with Crippen molar-refractivity contribution in [2.24, 2.45) is 0 Å². The molecule has 10 nitrogen and oxygen atoms in total. The number of hydrogen-bond acceptors (Lipinski definition) is 7. The third kappa shape index (κ3) is 5.27. The van der Waals surface area contributed by atoms with Crippen molar-refractivity contribution in [1.29, 1.82) is 0 Å². The van der Waals surface area contributed by atoms with Crippen LogP contribution >= 0.6 is 11.6 Å². The summed E-state index contributed by atoms with van der Waals surface area (Å²) >= 11 is 5.86. The number of rotatable bonds is 6. The van der Waals surface area contributed by atoms with Gasteiger partial charge in [-0.2, -0.15) is 0 Å². The molecule has 0 saturated carbocycles. The van der Waals surface area contributed by atoms with Crippen molar-refractivity contribution >= 4 is 39.2 Å². The summed E-state index contributed by atoms with van der Waals surface area (Å²) in [6, 6.07) is 13.7. The molecule has 0 saturated heterocycles. The summed E-state index contributed by atoms with van der Waals surface area (Å²) in [7, 11) is -3.93. The number of nitrogens with zero attached hydrogens (tertiary/aromatic N) is 3. The second kappa shape index (κ2) is 9.41. The van der Waals surface area contributed by atoms with E-state index in [0.717, 1.165) is 0 Å². The molecule has 4 rings (SSSR count). The molecule has 34 heavy (non-hydrogen) atoms. The minimum atomic E-state index is -3.93. The van der Waals surface area contributed by atoms with Crippen molar-refractivity contribution in [3.63, 3.8) is 0 Å². The molecule has 0 unspecified atom stereocenters. The summed E-state index contributed by atoms with van der Waals surface area (Å²) < 4.78 is 27.4. The number of aromatic nitrogens is 4. The lowest BCUT2D eigenvalue weighted by molar-refractivity contribution is 0.102. The van der Waals surface area contributed by atoms with E-state index >= 15 is 0 Å². The van der Waals surface area contributed by atoms with Crippen LogP contribution in [-0.4, -0.2) is 34.3 Å². The Morgan fingerprint density at radius 2 is 1.71 bits per heavy atom. The third-order valence-electron chi connectivity index (χ3n) is 4.60. The van der Waals surface area contributed by atoms with E-state index in [4.69, 9.17) is 11.6 Å². The molecule has 12 heteroatoms. The quantitative estimate of drug-likeness (QED) is 0.371. The van der Waals surface area contributed by atoms with Crippen LogP contribution in [0.4, 0.5) is 11.6 Å². The van der Waals surface area contributed by atoms with Gasteiger partial charge in [-0.15, -0.1) is 0 Å². The second-order valence-corrected chi connectivity index (χ2v) is 9.21. The van der Waals surface area contributed by atoms with E-state index < -0.39 is 21.5 Å². The topological polar surface area (TPSA) is 147 Å². The van der Waals surface area contributed by atoms with Crippen LogP contribution in [0.25, 0.3) is 11.4 Å². The largest absolute Gasteiger partial charge is 0.322 e. The zero-order valence-corrected chi connectivity index (χ0v) is 19.2. The summed E-state index contributed by atoms with van der Waals surface area (Å²) in [6.45, 7) is 1.71. The van der Waals surface area contributed by atoms with Gasteiger partial charge in [0.2, 0.25) is 5.95 Å². The number of hydrogen-bond donors (Lipinski definition) is 3. The maximum Gasteiger partial charge on any atom is 0.264 e. The lowest BCUT2D eigenvalue weighted by atomic mass is 10.2. The Morgan fingerprint density at radius 1 is 1.00 bits per heavy atom. The number of carbonyl (C=O) groups excluding carboxylic acids is 1. The average Bonchev–Trinajstić information content (AvgIpc) is 2.79. The normalized spacial score (nSPS) is 11.1. The molecule has 2 heterocycles. The molecule has 0 aliphatic carbocycles. The number of sulfonamides is 1. The summed E-state index contributed by atoms with van der Waals surface area (Å²) in [5.74, 6) is -0.456. The van der Waals surface area contributed by atoms with Gasteiger partial charge in [0.1, 0.15) is 11.4 Å². The number of anilines is 2. The van der Waals surface area contributed by atoms with Gasteiger partial charge in [0, 0.05) is 34.4 Å². The van der Waals surface area contributed by atoms with Gasteiger partial charge in [-0.25, -0.2) is 28.1 Å². The average molecular weight is 497 g/mol. The van der Waals surface area contributed by atoms with Gasteiger partial charge >= 0.3 is 0 Å². The first-order valence-electron chi connectivity index (χ1n) is 9.80. The Morgan fingerprint density at radius 3 is 2.35 bits per heavy atom. The standard InChI is InChI=1S/C22H17ClN6O4S/c1-13-10-11-24-22(26-13)29-34(32,33)17-8-6-16(7-9-17)27-20(30)18-12-25-19(28-21(18)31)14-2-4-15(23)5-3-14/h2-12H,1H3,(H,27,30)(H,24,26,29)(H,25,28,31). The zero-order chi connectivity index (χ0) is 24.3. The van der Waals surface area contributed by atoms with Gasteiger partial charge in [-0.05, 0) is 61.5 Å². The lowest BCUT2D eigenvalue weighted by Crippen LogP contribution is -2.24. The summed E-state index contributed by atoms with van der Waals surface area (Å²) in [5.41, 5.74) is 0.704. The SMILES string of the molecule is Cc1ccnc(NS(=O)(=O)c2ccc(NC(=O)c3cnc(-c4ccc(Cl)cc4)[nH]c3=O)cc2)n1. The smallest absolute Gasteiger partial charge is 0.264 e. The van der Waals surface area contributed by atoms with Crippen LogP contribution in [0.3, 0.4) is 0 Å². The molecule has 4 aromatic rings. The van der Waals surface area contributed by atoms with Gasteiger partial charge in [-0.1, -0.05) is 11.6 Å². The van der Waals surface area contributed by atoms with E-state index in [0.29, 0.717) is 16.3 Å². The van der Waals surface area contributed by atoms with Crippen LogP contribution in [-0.2, 0) is 10.0 Å². The number of aromatic amines is 1. The highest BCUT2D eigenvalue weighted by Gasteiger charge is 2.17. The minimum Gasteiger partial charge on any atom is -0.322 e. The van der Waals surface area contributed by atoms with Gasteiger partial charge in [0.15, 0.2) is 0 Å². The molecule has 0 spiro atoms. The fourth-order valence-electron chi connectivity index (χ4n) is 2.90. The van der Waals surface area contributed by atoms with Gasteiger partial charge < -0.3 is 10.3 Å². The maximum atomic E-state index is 12.5. The van der Waals surface area contributed by atoms with Crippen molar-refractivity contribution in [1.82, 2.24) is 19.9 Å². The van der Waals surface area contributed by atoms with E-state index in [-0.39, 0.29) is 27.9 Å². The van der Waals surface area contributed by atoms with Crippen molar-refractivity contribution < 1.29 is 13.2 Å². The van der Waals surface area contributed by atoms with E-state index in [1.807, 2.05) is 0 Å². The predicted molar refractivity (Wildman–Crippen MR) is 127 cm³/mol. The lowest BCUT2D eigenvalue weighted by Gasteiger charge is -2.09. The Hall–Kier alpha value is -4.09. The Bertz CT molecular complexity index is 1520. The number of amides is 1. The number of carbonyl (C=O) groups is 1. The van der Waals surface area contributed by atoms with Crippen LogP contribution in [0, 0.1) is 6.92 Å². The van der Waals surface area contributed by atoms with E-state index in [1.165, 1.54) is 36.7 Å². The van der Waals surface area contributed by atoms with Crippen LogP contribution in [0.5, 0.6) is 0 Å². The first-order chi connectivity index (χ1) is 16.2. The van der Waals surface area contributed by atoms with Crippen molar-refractivity contribution in [3.8, 4) is 11.4 Å². The number of benzene rings is 2. The number of H-pyrrole nitrogens is 1. The van der Waals surface area contributed by atoms with Crippen LogP contribution in [0.1, 0.15) is 16.1 Å². The fraction of sp³-hybridized carbons (Fsp3) is 0.0455. The van der Waals surface area contributed by atoms with E-state index in [9.17, 15) is 18.0 Å². The maximum absolute atomic E-state index is 12.5. The molecule has 172 valence electrons. The molecule has 0 aliphatic heterocycles. The number of nitrogens with one attached hydrogen (secondary N) is 3. The first kappa shape index (κ1) is 23.1. The van der Waals surface area contributed by atoms with Crippen molar-refractivity contribution in [2.45, 2.75) is 11.8 Å². The summed E-state index contributed by atoms with van der Waals surface area (Å²) in [4.78, 5) is 39.5. The van der Waals surface area contributed by atoms with Gasteiger partial charge in [0.25, 0.3) is 21.5 Å². The molecule has 1 amide bonds. The van der Waals surface area contributed by atoms with Crippen LogP contribution < -0.4 is 15.6 Å². The first-order valence-corrected chi connectivity index (χ1v) is 11.7. The van der Waals surface area contributed by atoms with Crippen molar-refractivity contribution in [2.75, 3.05) is 10.0 Å². The highest BCUT2D eigenvalue weighted by atomic mass is 35.5. The monoisotopic (exact) mass is 496 g/mol. The fourth-order valence-corrected chi connectivity index (χ4v) is 3.98. The Kier molecular flexibility index (Phi) is 6.39. The molecular formula is C22H17ClN6O4S. The van der Waals surface area contributed by atoms with Gasteiger partial charge in [0.05, 0.1) is 4.90 Å². The van der Waals surface area contributed by atoms with Crippen LogP contribution in [0.2, 0.25) is 5.02 Å². The predicted octanol–water partition coefficient (Wildman–Crippen LogP) is 3.24. The molecule has 0 atom stereocenters. The minimum absolute atomic E-state index is 0.0499.